The first kappa shape index (κ1) is 21.4. The lowest BCUT2D eigenvalue weighted by atomic mass is 9.92. The van der Waals surface area contributed by atoms with Crippen LogP contribution in [0.15, 0.2) is 4.99 Å². The van der Waals surface area contributed by atoms with E-state index in [2.05, 4.69) is 16.8 Å². The van der Waals surface area contributed by atoms with Crippen LogP contribution in [0.3, 0.4) is 0 Å². The molecule has 5 heteroatoms. The van der Waals surface area contributed by atoms with Crippen molar-refractivity contribution in [3.05, 3.63) is 0 Å². The van der Waals surface area contributed by atoms with Gasteiger partial charge in [0.05, 0.1) is 12.9 Å². The van der Waals surface area contributed by atoms with Gasteiger partial charge in [-0.25, -0.2) is 0 Å². The Kier molecular flexibility index (Phi) is 11.3. The van der Waals surface area contributed by atoms with E-state index in [9.17, 15) is 0 Å². The molecule has 1 heterocycles. The highest BCUT2D eigenvalue weighted by molar-refractivity contribution is 5.56. The van der Waals surface area contributed by atoms with Gasteiger partial charge in [-0.1, -0.05) is 45.4 Å². The normalized spacial score (nSPS) is 16.1. The molecular formula is C19H38N2O3. The van der Waals surface area contributed by atoms with E-state index in [0.29, 0.717) is 0 Å². The molecule has 0 saturated carbocycles. The van der Waals surface area contributed by atoms with Crippen LogP contribution in [-0.2, 0) is 14.2 Å². The van der Waals surface area contributed by atoms with Gasteiger partial charge in [0.15, 0.2) is 0 Å². The first-order chi connectivity index (χ1) is 11.7. The summed E-state index contributed by atoms with van der Waals surface area (Å²) >= 11 is 0. The third-order valence-corrected chi connectivity index (χ3v) is 5.02. The topological polar surface area (TPSA) is 43.3 Å². The molecule has 0 saturated heterocycles. The van der Waals surface area contributed by atoms with Crippen molar-refractivity contribution in [1.82, 2.24) is 4.90 Å². The Balaban J connectivity index is 2.43. The number of nitrogens with zero attached hydrogens (tertiary/aromatic N) is 2. The zero-order valence-corrected chi connectivity index (χ0v) is 16.3. The third kappa shape index (κ3) is 7.08. The quantitative estimate of drug-likeness (QED) is 0.332. The molecule has 0 amide bonds. The van der Waals surface area contributed by atoms with E-state index in [1.807, 2.05) is 6.34 Å². The number of aliphatic imine (C=N–C) groups is 1. The number of hydrogen-bond acceptors (Lipinski definition) is 5. The summed E-state index contributed by atoms with van der Waals surface area (Å²) in [7, 11) is 5.02. The Labute approximate surface area is 148 Å². The summed E-state index contributed by atoms with van der Waals surface area (Å²) in [6.07, 6.45) is 13.0. The molecule has 1 rings (SSSR count). The summed E-state index contributed by atoms with van der Waals surface area (Å²) in [6, 6.07) is 0. The summed E-state index contributed by atoms with van der Waals surface area (Å²) in [4.78, 5) is 6.56. The Morgan fingerprint density at radius 3 is 2.17 bits per heavy atom. The van der Waals surface area contributed by atoms with Crippen LogP contribution >= 0.6 is 0 Å². The van der Waals surface area contributed by atoms with Crippen molar-refractivity contribution in [1.29, 1.82) is 0 Å². The van der Waals surface area contributed by atoms with Crippen molar-refractivity contribution in [2.24, 2.45) is 10.9 Å². The standard InChI is InChI=1S/C19H38N2O3/c1-5-6-7-8-9-10-12-18(19(22-2,23-3)24-4)13-11-15-21-16-14-20-17-21/h17-18H,5-16H2,1-4H3. The van der Waals surface area contributed by atoms with Crippen LogP contribution in [0.25, 0.3) is 0 Å². The van der Waals surface area contributed by atoms with Crippen LogP contribution in [0.5, 0.6) is 0 Å². The lowest BCUT2D eigenvalue weighted by molar-refractivity contribution is -0.380. The van der Waals surface area contributed by atoms with E-state index < -0.39 is 5.97 Å². The Morgan fingerprint density at radius 1 is 0.958 bits per heavy atom. The number of ether oxygens (including phenoxy) is 3. The van der Waals surface area contributed by atoms with E-state index in [0.717, 1.165) is 38.9 Å². The second-order valence-corrected chi connectivity index (χ2v) is 6.67. The van der Waals surface area contributed by atoms with Crippen LogP contribution in [0.2, 0.25) is 0 Å². The second-order valence-electron chi connectivity index (χ2n) is 6.67. The van der Waals surface area contributed by atoms with Gasteiger partial charge in [-0.15, -0.1) is 0 Å². The maximum absolute atomic E-state index is 5.63. The van der Waals surface area contributed by atoms with Crippen LogP contribution < -0.4 is 0 Å². The SMILES string of the molecule is CCCCCCCCC(CCCN1C=NCC1)C(OC)(OC)OC. The van der Waals surface area contributed by atoms with Gasteiger partial charge < -0.3 is 19.1 Å². The van der Waals surface area contributed by atoms with Crippen molar-refractivity contribution in [3.8, 4) is 0 Å². The minimum absolute atomic E-state index is 0.253. The zero-order valence-electron chi connectivity index (χ0n) is 16.3. The smallest absolute Gasteiger partial charge is 0.285 e. The van der Waals surface area contributed by atoms with Gasteiger partial charge in [-0.05, 0) is 19.3 Å². The van der Waals surface area contributed by atoms with Crippen LogP contribution in [0.4, 0.5) is 0 Å². The Morgan fingerprint density at radius 2 is 1.58 bits per heavy atom. The minimum atomic E-state index is -0.914. The summed E-state index contributed by atoms with van der Waals surface area (Å²) in [5.41, 5.74) is 0. The number of methoxy groups -OCH3 is 3. The maximum Gasteiger partial charge on any atom is 0.285 e. The largest absolute Gasteiger partial charge is 0.361 e. The third-order valence-electron chi connectivity index (χ3n) is 5.02. The maximum atomic E-state index is 5.63. The molecule has 0 fully saturated rings. The van der Waals surface area contributed by atoms with E-state index in [-0.39, 0.29) is 5.92 Å². The van der Waals surface area contributed by atoms with Crippen LogP contribution in [0, 0.1) is 5.92 Å². The van der Waals surface area contributed by atoms with E-state index in [4.69, 9.17) is 14.2 Å². The Bertz CT molecular complexity index is 324. The van der Waals surface area contributed by atoms with Crippen molar-refractivity contribution in [2.75, 3.05) is 41.0 Å². The first-order valence-electron chi connectivity index (χ1n) is 9.61. The molecule has 0 N–H and O–H groups in total. The summed E-state index contributed by atoms with van der Waals surface area (Å²) in [5, 5.41) is 0. The fourth-order valence-electron chi connectivity index (χ4n) is 3.55. The van der Waals surface area contributed by atoms with E-state index >= 15 is 0 Å². The molecule has 0 radical (unpaired) electrons. The zero-order chi connectivity index (χ0) is 17.7. The van der Waals surface area contributed by atoms with Crippen molar-refractivity contribution in [2.45, 2.75) is 70.7 Å². The average Bonchev–Trinajstić information content (AvgIpc) is 3.12. The molecule has 1 aliphatic rings. The predicted octanol–water partition coefficient (Wildman–Crippen LogP) is 4.07. The Hall–Kier alpha value is -0.650. The lowest BCUT2D eigenvalue weighted by Gasteiger charge is -2.36. The fourth-order valence-corrected chi connectivity index (χ4v) is 3.55. The second kappa shape index (κ2) is 12.7. The number of hydrogen-bond donors (Lipinski definition) is 0. The van der Waals surface area contributed by atoms with Gasteiger partial charge in [-0.2, -0.15) is 0 Å². The molecule has 0 bridgehead atoms. The molecule has 0 aliphatic carbocycles. The van der Waals surface area contributed by atoms with Crippen LogP contribution in [-0.4, -0.2) is 58.2 Å². The van der Waals surface area contributed by atoms with Gasteiger partial charge in [-0.3, -0.25) is 4.99 Å². The fraction of sp³-hybridized carbons (Fsp3) is 0.947. The summed E-state index contributed by atoms with van der Waals surface area (Å²) in [6.45, 7) is 5.28. The molecule has 5 nitrogen and oxygen atoms in total. The van der Waals surface area contributed by atoms with Crippen molar-refractivity contribution < 1.29 is 14.2 Å². The molecule has 142 valence electrons. The molecule has 24 heavy (non-hydrogen) atoms. The van der Waals surface area contributed by atoms with Crippen molar-refractivity contribution in [3.63, 3.8) is 0 Å². The predicted molar refractivity (Wildman–Crippen MR) is 99.4 cm³/mol. The molecular weight excluding hydrogens is 304 g/mol. The van der Waals surface area contributed by atoms with Crippen molar-refractivity contribution >= 4 is 6.34 Å². The van der Waals surface area contributed by atoms with Gasteiger partial charge >= 0.3 is 0 Å². The van der Waals surface area contributed by atoms with E-state index in [1.54, 1.807) is 21.3 Å². The molecule has 0 aromatic rings. The highest BCUT2D eigenvalue weighted by Gasteiger charge is 2.39. The van der Waals surface area contributed by atoms with Gasteiger partial charge in [0.1, 0.15) is 0 Å². The van der Waals surface area contributed by atoms with Gasteiger partial charge in [0.2, 0.25) is 0 Å². The first-order valence-corrected chi connectivity index (χ1v) is 9.61. The minimum Gasteiger partial charge on any atom is -0.361 e. The lowest BCUT2D eigenvalue weighted by Crippen LogP contribution is -2.44. The molecule has 1 unspecified atom stereocenters. The molecule has 0 spiro atoms. The molecule has 0 aromatic carbocycles. The summed E-state index contributed by atoms with van der Waals surface area (Å²) in [5.74, 6) is -0.661. The highest BCUT2D eigenvalue weighted by Crippen LogP contribution is 2.32. The van der Waals surface area contributed by atoms with Gasteiger partial charge in [0, 0.05) is 40.3 Å². The van der Waals surface area contributed by atoms with Crippen LogP contribution in [0.1, 0.15) is 64.7 Å². The number of rotatable bonds is 15. The molecule has 1 aliphatic heterocycles. The number of unbranched alkanes of at least 4 members (excludes halogenated alkanes) is 5. The monoisotopic (exact) mass is 342 g/mol. The van der Waals surface area contributed by atoms with Gasteiger partial charge in [0.25, 0.3) is 5.97 Å². The summed E-state index contributed by atoms with van der Waals surface area (Å²) < 4.78 is 16.9. The van der Waals surface area contributed by atoms with E-state index in [1.165, 1.54) is 38.5 Å². The molecule has 1 atom stereocenters. The molecule has 0 aromatic heterocycles. The average molecular weight is 343 g/mol. The highest BCUT2D eigenvalue weighted by atomic mass is 16.9.